The first-order valence-electron chi connectivity index (χ1n) is 10.8. The van der Waals surface area contributed by atoms with Gasteiger partial charge in [-0.2, -0.15) is 0 Å². The zero-order valence-corrected chi connectivity index (χ0v) is 18.4. The number of phenolic OH excluding ortho intramolecular Hbond substituents is 1. The van der Waals surface area contributed by atoms with E-state index in [1.54, 1.807) is 24.3 Å². The zero-order chi connectivity index (χ0) is 23.9. The zero-order valence-electron chi connectivity index (χ0n) is 18.4. The molecule has 6 heteroatoms. The van der Waals surface area contributed by atoms with Crippen molar-refractivity contribution in [1.29, 1.82) is 0 Å². The van der Waals surface area contributed by atoms with Crippen molar-refractivity contribution in [2.24, 2.45) is 0 Å². The van der Waals surface area contributed by atoms with Crippen molar-refractivity contribution in [1.82, 2.24) is 0 Å². The number of fused-ring (bicyclic) bond motifs is 1. The first-order chi connectivity index (χ1) is 16.5. The third kappa shape index (κ3) is 3.23. The molecule has 1 unspecified atom stereocenters. The Bertz CT molecular complexity index is 1320. The number of methoxy groups -OCH3 is 1. The van der Waals surface area contributed by atoms with Crippen molar-refractivity contribution in [3.05, 3.63) is 125 Å². The standard InChI is InChI=1S/C28H22FNO4/c1-34-25-17-24(31)21(16-22(25)29)28(33)20-14-8-9-15-23(20)30(27(28)32)26(18-10-4-2-5-11-18)19-12-6-3-7-13-19/h2-17,26,31,33H,1H3. The lowest BCUT2D eigenvalue weighted by molar-refractivity contribution is -0.132. The van der Waals surface area contributed by atoms with Crippen LogP contribution in [0, 0.1) is 5.82 Å². The molecule has 5 nitrogen and oxygen atoms in total. The Kier molecular flexibility index (Phi) is 5.30. The smallest absolute Gasteiger partial charge is 0.269 e. The number of aromatic hydroxyl groups is 1. The van der Waals surface area contributed by atoms with Crippen molar-refractivity contribution in [3.63, 3.8) is 0 Å². The van der Waals surface area contributed by atoms with Gasteiger partial charge in [0.05, 0.1) is 18.8 Å². The Morgan fingerprint density at radius 2 is 1.41 bits per heavy atom. The number of benzene rings is 4. The second-order valence-electron chi connectivity index (χ2n) is 8.13. The molecule has 1 aliphatic rings. The van der Waals surface area contributed by atoms with Crippen molar-refractivity contribution < 1.29 is 24.1 Å². The molecule has 0 saturated heterocycles. The summed E-state index contributed by atoms with van der Waals surface area (Å²) in [6, 6.07) is 27.2. The number of amides is 1. The van der Waals surface area contributed by atoms with Gasteiger partial charge in [-0.25, -0.2) is 4.39 Å². The minimum atomic E-state index is -2.30. The molecule has 0 aromatic heterocycles. The van der Waals surface area contributed by atoms with E-state index in [1.807, 2.05) is 60.7 Å². The average molecular weight is 455 g/mol. The molecule has 0 spiro atoms. The average Bonchev–Trinajstić information content (AvgIpc) is 3.09. The van der Waals surface area contributed by atoms with Crippen molar-refractivity contribution in [3.8, 4) is 11.5 Å². The van der Waals surface area contributed by atoms with Crippen LogP contribution in [0.5, 0.6) is 11.5 Å². The lowest BCUT2D eigenvalue weighted by Crippen LogP contribution is -2.43. The lowest BCUT2D eigenvalue weighted by atomic mass is 9.86. The fraction of sp³-hybridized carbons (Fsp3) is 0.107. The van der Waals surface area contributed by atoms with E-state index in [1.165, 1.54) is 12.0 Å². The van der Waals surface area contributed by atoms with Crippen LogP contribution in [-0.4, -0.2) is 23.2 Å². The Hall–Kier alpha value is -4.16. The number of halogens is 1. The number of aliphatic hydroxyl groups is 1. The lowest BCUT2D eigenvalue weighted by Gasteiger charge is -2.31. The van der Waals surface area contributed by atoms with Gasteiger partial charge in [0.25, 0.3) is 5.91 Å². The fourth-order valence-corrected chi connectivity index (χ4v) is 4.66. The molecule has 0 aliphatic carbocycles. The summed E-state index contributed by atoms with van der Waals surface area (Å²) >= 11 is 0. The summed E-state index contributed by atoms with van der Waals surface area (Å²) in [5, 5.41) is 22.6. The highest BCUT2D eigenvalue weighted by molar-refractivity contribution is 6.10. The second-order valence-corrected chi connectivity index (χ2v) is 8.13. The number of phenols is 1. The van der Waals surface area contributed by atoms with E-state index >= 15 is 0 Å². The maximum Gasteiger partial charge on any atom is 0.269 e. The van der Waals surface area contributed by atoms with E-state index in [2.05, 4.69) is 0 Å². The Morgan fingerprint density at radius 3 is 2.00 bits per heavy atom. The number of carbonyl (C=O) groups is 1. The van der Waals surface area contributed by atoms with Crippen LogP contribution in [0.15, 0.2) is 97.1 Å². The van der Waals surface area contributed by atoms with Gasteiger partial charge in [0.2, 0.25) is 5.60 Å². The summed E-state index contributed by atoms with van der Waals surface area (Å²) in [4.78, 5) is 15.6. The van der Waals surface area contributed by atoms with Crippen LogP contribution in [0.3, 0.4) is 0 Å². The minimum Gasteiger partial charge on any atom is -0.507 e. The third-order valence-electron chi connectivity index (χ3n) is 6.23. The second kappa shape index (κ2) is 8.32. The quantitative estimate of drug-likeness (QED) is 0.449. The topological polar surface area (TPSA) is 70.0 Å². The van der Waals surface area contributed by atoms with Gasteiger partial charge in [-0.1, -0.05) is 78.9 Å². The van der Waals surface area contributed by atoms with Gasteiger partial charge in [-0.3, -0.25) is 9.69 Å². The molecule has 0 fully saturated rings. The van der Waals surface area contributed by atoms with Crippen LogP contribution < -0.4 is 9.64 Å². The Morgan fingerprint density at radius 1 is 0.853 bits per heavy atom. The maximum absolute atomic E-state index is 14.7. The summed E-state index contributed by atoms with van der Waals surface area (Å²) in [6.07, 6.45) is 0. The largest absolute Gasteiger partial charge is 0.507 e. The Labute approximate surface area is 196 Å². The molecular weight excluding hydrogens is 433 g/mol. The molecule has 170 valence electrons. The number of anilines is 1. The fourth-order valence-electron chi connectivity index (χ4n) is 4.66. The maximum atomic E-state index is 14.7. The predicted molar refractivity (Wildman–Crippen MR) is 126 cm³/mol. The molecule has 1 aliphatic heterocycles. The molecular formula is C28H22FNO4. The van der Waals surface area contributed by atoms with E-state index in [0.717, 1.165) is 23.3 Å². The van der Waals surface area contributed by atoms with E-state index in [-0.39, 0.29) is 16.9 Å². The monoisotopic (exact) mass is 455 g/mol. The van der Waals surface area contributed by atoms with E-state index in [9.17, 15) is 19.4 Å². The molecule has 1 heterocycles. The van der Waals surface area contributed by atoms with Crippen molar-refractivity contribution in [2.75, 3.05) is 12.0 Å². The first-order valence-corrected chi connectivity index (χ1v) is 10.8. The summed E-state index contributed by atoms with van der Waals surface area (Å²) in [6.45, 7) is 0. The minimum absolute atomic E-state index is 0.188. The third-order valence-corrected chi connectivity index (χ3v) is 6.23. The first kappa shape index (κ1) is 21.7. The highest BCUT2D eigenvalue weighted by atomic mass is 19.1. The summed E-state index contributed by atoms with van der Waals surface area (Å²) in [7, 11) is 1.27. The number of carbonyl (C=O) groups excluding carboxylic acids is 1. The molecule has 0 saturated carbocycles. The van der Waals surface area contributed by atoms with Gasteiger partial charge in [0, 0.05) is 17.2 Å². The number of rotatable bonds is 5. The van der Waals surface area contributed by atoms with Crippen molar-refractivity contribution >= 4 is 11.6 Å². The highest BCUT2D eigenvalue weighted by Crippen LogP contribution is 2.51. The van der Waals surface area contributed by atoms with Crippen LogP contribution in [-0.2, 0) is 10.4 Å². The molecule has 4 aromatic rings. The van der Waals surface area contributed by atoms with Crippen molar-refractivity contribution in [2.45, 2.75) is 11.6 Å². The SMILES string of the molecule is COc1cc(O)c(C2(O)C(=O)N(C(c3ccccc3)c3ccccc3)c3ccccc32)cc1F. The number of para-hydroxylation sites is 1. The van der Waals surface area contributed by atoms with Crippen LogP contribution in [0.4, 0.5) is 10.1 Å². The summed E-state index contributed by atoms with van der Waals surface area (Å²) in [5.74, 6) is -2.12. The van der Waals surface area contributed by atoms with E-state index in [0.29, 0.717) is 5.69 Å². The normalized spacial score (nSPS) is 17.2. The van der Waals surface area contributed by atoms with E-state index < -0.39 is 29.1 Å². The van der Waals surface area contributed by atoms with Crippen LogP contribution >= 0.6 is 0 Å². The van der Waals surface area contributed by atoms with Crippen LogP contribution in [0.25, 0.3) is 0 Å². The van der Waals surface area contributed by atoms with Crippen LogP contribution in [0.1, 0.15) is 28.3 Å². The molecule has 2 N–H and O–H groups in total. The van der Waals surface area contributed by atoms with Gasteiger partial charge < -0.3 is 14.9 Å². The Balaban J connectivity index is 1.75. The predicted octanol–water partition coefficient (Wildman–Crippen LogP) is 4.91. The highest BCUT2D eigenvalue weighted by Gasteiger charge is 2.54. The molecule has 1 amide bonds. The molecule has 5 rings (SSSR count). The van der Waals surface area contributed by atoms with Gasteiger partial charge in [0.15, 0.2) is 11.6 Å². The van der Waals surface area contributed by atoms with Crippen LogP contribution in [0.2, 0.25) is 0 Å². The molecule has 0 bridgehead atoms. The molecule has 0 radical (unpaired) electrons. The summed E-state index contributed by atoms with van der Waals surface area (Å²) < 4.78 is 19.6. The number of nitrogens with zero attached hydrogens (tertiary/aromatic N) is 1. The molecule has 4 aromatic carbocycles. The molecule has 34 heavy (non-hydrogen) atoms. The van der Waals surface area contributed by atoms with Gasteiger partial charge in [-0.15, -0.1) is 0 Å². The molecule has 1 atom stereocenters. The van der Waals surface area contributed by atoms with E-state index in [4.69, 9.17) is 4.74 Å². The number of hydrogen-bond donors (Lipinski definition) is 2. The summed E-state index contributed by atoms with van der Waals surface area (Å²) in [5.41, 5.74) is -0.126. The van der Waals surface area contributed by atoms with Gasteiger partial charge >= 0.3 is 0 Å². The number of ether oxygens (including phenoxy) is 1. The number of hydrogen-bond acceptors (Lipinski definition) is 4. The van der Waals surface area contributed by atoms with Gasteiger partial charge in [-0.05, 0) is 23.3 Å². The van der Waals surface area contributed by atoms with Gasteiger partial charge in [0.1, 0.15) is 5.75 Å².